The van der Waals surface area contributed by atoms with E-state index in [1.807, 2.05) is 6.92 Å². The smallest absolute Gasteiger partial charge is 0.309 e. The fourth-order valence-corrected chi connectivity index (χ4v) is 10.6. The molecule has 5 aliphatic rings. The third-order valence-corrected chi connectivity index (χ3v) is 13.6. The van der Waals surface area contributed by atoms with Crippen LogP contribution in [-0.2, 0) is 9.59 Å². The van der Waals surface area contributed by atoms with Crippen molar-refractivity contribution in [1.82, 2.24) is 0 Å². The fourth-order valence-electron chi connectivity index (χ4n) is 10.6. The number of aliphatic carboxylic acids is 1. The van der Waals surface area contributed by atoms with E-state index in [-0.39, 0.29) is 38.9 Å². The van der Waals surface area contributed by atoms with Gasteiger partial charge < -0.3 is 5.11 Å². The molecule has 0 aromatic rings. The monoisotopic (exact) mass is 468 g/mol. The molecule has 0 radical (unpaired) electrons. The van der Waals surface area contributed by atoms with E-state index in [0.717, 1.165) is 38.5 Å². The molecule has 5 rings (SSSR count). The van der Waals surface area contributed by atoms with Gasteiger partial charge in [0.05, 0.1) is 5.41 Å². The number of rotatable bonds is 1. The highest BCUT2D eigenvalue weighted by Crippen LogP contribution is 2.75. The molecule has 0 aliphatic heterocycles. The maximum absolute atomic E-state index is 14.3. The first kappa shape index (κ1) is 24.6. The van der Waals surface area contributed by atoms with Gasteiger partial charge >= 0.3 is 5.97 Å². The van der Waals surface area contributed by atoms with E-state index in [2.05, 4.69) is 54.5 Å². The van der Waals surface area contributed by atoms with Crippen LogP contribution in [0.25, 0.3) is 0 Å². The Labute approximate surface area is 207 Å². The van der Waals surface area contributed by atoms with Gasteiger partial charge in [0.25, 0.3) is 0 Å². The molecule has 34 heavy (non-hydrogen) atoms. The number of hydrogen-bond acceptors (Lipinski definition) is 2. The second-order valence-electron chi connectivity index (χ2n) is 15.3. The summed E-state index contributed by atoms with van der Waals surface area (Å²) in [6, 6.07) is 0. The van der Waals surface area contributed by atoms with E-state index < -0.39 is 11.4 Å². The van der Waals surface area contributed by atoms with Crippen molar-refractivity contribution < 1.29 is 14.7 Å². The van der Waals surface area contributed by atoms with Crippen molar-refractivity contribution in [2.24, 2.45) is 56.2 Å². The Morgan fingerprint density at radius 3 is 2.21 bits per heavy atom. The minimum atomic E-state index is -0.683. The first-order chi connectivity index (χ1) is 15.6. The summed E-state index contributed by atoms with van der Waals surface area (Å²) < 4.78 is 0. The van der Waals surface area contributed by atoms with Gasteiger partial charge in [0.15, 0.2) is 5.78 Å². The highest BCUT2D eigenvalue weighted by atomic mass is 16.4. The van der Waals surface area contributed by atoms with Gasteiger partial charge in [-0.1, -0.05) is 54.0 Å². The van der Waals surface area contributed by atoms with Crippen LogP contribution in [0.5, 0.6) is 0 Å². The Hall–Kier alpha value is -1.12. The number of ketones is 1. The molecular weight excluding hydrogens is 420 g/mol. The summed E-state index contributed by atoms with van der Waals surface area (Å²) in [4.78, 5) is 26.5. The number of carboxylic acid groups (broad SMARTS) is 1. The van der Waals surface area contributed by atoms with Crippen molar-refractivity contribution in [2.45, 2.75) is 113 Å². The molecule has 0 spiro atoms. The van der Waals surface area contributed by atoms with Gasteiger partial charge in [-0.25, -0.2) is 0 Å². The Kier molecular flexibility index (Phi) is 5.06. The molecule has 0 heterocycles. The normalized spacial score (nSPS) is 54.1. The molecule has 3 heteroatoms. The Balaban J connectivity index is 1.62. The van der Waals surface area contributed by atoms with Gasteiger partial charge in [-0.15, -0.1) is 0 Å². The van der Waals surface area contributed by atoms with Crippen molar-refractivity contribution in [1.29, 1.82) is 0 Å². The van der Waals surface area contributed by atoms with Gasteiger partial charge in [-0.3, -0.25) is 9.59 Å². The maximum Gasteiger partial charge on any atom is 0.309 e. The summed E-state index contributed by atoms with van der Waals surface area (Å²) in [5.41, 5.74) is 1.00. The molecule has 1 N–H and O–H groups in total. The van der Waals surface area contributed by atoms with Crippen LogP contribution < -0.4 is 0 Å². The number of carbonyl (C=O) groups is 2. The highest BCUT2D eigenvalue weighted by molar-refractivity contribution is 5.95. The van der Waals surface area contributed by atoms with Gasteiger partial charge in [0.2, 0.25) is 0 Å². The van der Waals surface area contributed by atoms with E-state index in [1.165, 1.54) is 18.4 Å². The first-order valence-corrected chi connectivity index (χ1v) is 14.0. The van der Waals surface area contributed by atoms with Gasteiger partial charge in [-0.2, -0.15) is 0 Å². The lowest BCUT2D eigenvalue weighted by molar-refractivity contribution is -0.192. The lowest BCUT2D eigenvalue weighted by atomic mass is 9.33. The molecule has 2 unspecified atom stereocenters. The van der Waals surface area contributed by atoms with Crippen LogP contribution in [0.3, 0.4) is 0 Å². The summed E-state index contributed by atoms with van der Waals surface area (Å²) in [7, 11) is 0. The Morgan fingerprint density at radius 2 is 1.56 bits per heavy atom. The standard InChI is InChI=1S/C31H48O3/c1-19-9-11-29(6)23(26(19,2)3)10-12-31(8)24(29)22(32)17-20-21-18-28(5,25(33)34)14-13-27(21,4)15-16-30(20,31)7/h17,19,21,23-24H,9-16,18H2,1-8H3,(H,33,34)/t19-,21?,23?,24+,27+,28-,29-,30+,31+/m0/s1. The van der Waals surface area contributed by atoms with Crippen LogP contribution in [0.4, 0.5) is 0 Å². The van der Waals surface area contributed by atoms with Crippen molar-refractivity contribution in [3.63, 3.8) is 0 Å². The average molecular weight is 469 g/mol. The third-order valence-electron chi connectivity index (χ3n) is 13.6. The predicted molar refractivity (Wildman–Crippen MR) is 136 cm³/mol. The van der Waals surface area contributed by atoms with E-state index in [9.17, 15) is 14.7 Å². The van der Waals surface area contributed by atoms with Crippen molar-refractivity contribution in [2.75, 3.05) is 0 Å². The predicted octanol–water partition coefficient (Wildman–Crippen LogP) is 7.69. The molecule has 0 saturated heterocycles. The molecule has 4 fully saturated rings. The molecule has 4 saturated carbocycles. The summed E-state index contributed by atoms with van der Waals surface area (Å²) in [6.07, 6.45) is 11.5. The number of fused-ring (bicyclic) bond motifs is 7. The first-order valence-electron chi connectivity index (χ1n) is 14.0. The van der Waals surface area contributed by atoms with Crippen LogP contribution in [0, 0.1) is 56.2 Å². The Bertz CT molecular complexity index is 962. The van der Waals surface area contributed by atoms with E-state index in [0.29, 0.717) is 24.0 Å². The quantitative estimate of drug-likeness (QED) is 0.429. The topological polar surface area (TPSA) is 54.4 Å². The fraction of sp³-hybridized carbons (Fsp3) is 0.871. The van der Waals surface area contributed by atoms with Crippen LogP contribution in [0.2, 0.25) is 0 Å². The SMILES string of the molecule is C[C@H]1CC[C@@]2(C)C(CC[C@]3(C)[C@@H]2C(=O)C=C2C4C[C@@](C)(C(=O)O)CC[C@]4(C)CC[C@]23C)C1(C)C. The number of carboxylic acids is 1. The summed E-state index contributed by atoms with van der Waals surface area (Å²) in [5, 5.41) is 10.1. The van der Waals surface area contributed by atoms with Crippen LogP contribution in [0.15, 0.2) is 11.6 Å². The second-order valence-corrected chi connectivity index (χ2v) is 15.3. The zero-order valence-electron chi connectivity index (χ0n) is 23.0. The highest BCUT2D eigenvalue weighted by Gasteiger charge is 2.70. The Morgan fingerprint density at radius 1 is 0.912 bits per heavy atom. The van der Waals surface area contributed by atoms with Gasteiger partial charge in [-0.05, 0) is 116 Å². The van der Waals surface area contributed by atoms with Crippen molar-refractivity contribution >= 4 is 11.8 Å². The van der Waals surface area contributed by atoms with Crippen LogP contribution >= 0.6 is 0 Å². The summed E-state index contributed by atoms with van der Waals surface area (Å²) in [5.74, 6) is 1.26. The number of hydrogen-bond donors (Lipinski definition) is 1. The number of carbonyl (C=O) groups excluding carboxylic acids is 1. The average Bonchev–Trinajstić information content (AvgIpc) is 2.73. The zero-order valence-corrected chi connectivity index (χ0v) is 23.0. The summed E-state index contributed by atoms with van der Waals surface area (Å²) in [6.45, 7) is 19.0. The van der Waals surface area contributed by atoms with Crippen molar-refractivity contribution in [3.8, 4) is 0 Å². The van der Waals surface area contributed by atoms with Crippen molar-refractivity contribution in [3.05, 3.63) is 11.6 Å². The molecule has 0 bridgehead atoms. The summed E-state index contributed by atoms with van der Waals surface area (Å²) >= 11 is 0. The molecule has 3 nitrogen and oxygen atoms in total. The molecular formula is C31H48O3. The molecule has 190 valence electrons. The largest absolute Gasteiger partial charge is 0.481 e. The zero-order chi connectivity index (χ0) is 25.1. The molecule has 5 aliphatic carbocycles. The molecule has 0 aromatic heterocycles. The minimum absolute atomic E-state index is 0.0201. The van der Waals surface area contributed by atoms with E-state index >= 15 is 0 Å². The molecule has 0 amide bonds. The third kappa shape index (κ3) is 2.82. The molecule has 0 aromatic carbocycles. The van der Waals surface area contributed by atoms with Crippen LogP contribution in [0.1, 0.15) is 113 Å². The van der Waals surface area contributed by atoms with Gasteiger partial charge in [0, 0.05) is 5.92 Å². The number of allylic oxidation sites excluding steroid dienone is 2. The maximum atomic E-state index is 14.3. The lowest BCUT2D eigenvalue weighted by Gasteiger charge is -2.70. The molecule has 9 atom stereocenters. The van der Waals surface area contributed by atoms with Crippen LogP contribution in [-0.4, -0.2) is 16.9 Å². The van der Waals surface area contributed by atoms with E-state index in [1.54, 1.807) is 0 Å². The second kappa shape index (κ2) is 7.00. The minimum Gasteiger partial charge on any atom is -0.481 e. The van der Waals surface area contributed by atoms with Gasteiger partial charge in [0.1, 0.15) is 0 Å². The lowest BCUT2D eigenvalue weighted by Crippen LogP contribution is -2.66. The van der Waals surface area contributed by atoms with E-state index in [4.69, 9.17) is 0 Å².